The summed E-state index contributed by atoms with van der Waals surface area (Å²) in [5.41, 5.74) is -4.85. The molecular formula is C16H10F6N2O4S. The van der Waals surface area contributed by atoms with Gasteiger partial charge in [-0.3, -0.25) is 10.1 Å². The van der Waals surface area contributed by atoms with Crippen LogP contribution in [0.1, 0.15) is 11.1 Å². The second-order valence-corrected chi connectivity index (χ2v) is 7.31. The van der Waals surface area contributed by atoms with Gasteiger partial charge in [0.2, 0.25) is 0 Å². The SMILES string of the molecule is C=CN(c1cc(C(F)(F)F)cc(C(F)(F)F)c1)S(=O)(=O)c1ccc([N+](=O)[O-])cc1. The number of rotatable bonds is 5. The molecule has 2 rings (SSSR count). The Morgan fingerprint density at radius 1 is 0.931 bits per heavy atom. The average Bonchev–Trinajstić information content (AvgIpc) is 2.60. The minimum Gasteiger partial charge on any atom is -0.258 e. The summed E-state index contributed by atoms with van der Waals surface area (Å²) in [6.45, 7) is 3.13. The summed E-state index contributed by atoms with van der Waals surface area (Å²) in [4.78, 5) is 9.23. The zero-order valence-electron chi connectivity index (χ0n) is 14.0. The van der Waals surface area contributed by atoms with Crippen LogP contribution in [-0.4, -0.2) is 13.3 Å². The first-order valence-electron chi connectivity index (χ1n) is 7.39. The Balaban J connectivity index is 2.66. The predicted octanol–water partition coefficient (Wildman–Crippen LogP) is 4.97. The van der Waals surface area contributed by atoms with Crippen LogP contribution in [0.5, 0.6) is 0 Å². The van der Waals surface area contributed by atoms with Gasteiger partial charge < -0.3 is 0 Å². The number of anilines is 1. The Morgan fingerprint density at radius 3 is 1.72 bits per heavy atom. The summed E-state index contributed by atoms with van der Waals surface area (Å²) < 4.78 is 104. The fourth-order valence-electron chi connectivity index (χ4n) is 2.26. The van der Waals surface area contributed by atoms with Gasteiger partial charge in [0.05, 0.1) is 26.6 Å². The van der Waals surface area contributed by atoms with Crippen molar-refractivity contribution in [3.63, 3.8) is 0 Å². The highest BCUT2D eigenvalue weighted by atomic mass is 32.2. The van der Waals surface area contributed by atoms with Gasteiger partial charge in [-0.15, -0.1) is 0 Å². The van der Waals surface area contributed by atoms with Crippen molar-refractivity contribution in [2.75, 3.05) is 4.31 Å². The number of benzene rings is 2. The molecule has 0 bridgehead atoms. The summed E-state index contributed by atoms with van der Waals surface area (Å²) in [5.74, 6) is 0. The fraction of sp³-hybridized carbons (Fsp3) is 0.125. The Morgan fingerprint density at radius 2 is 1.38 bits per heavy atom. The number of nitrogens with zero attached hydrogens (tertiary/aromatic N) is 2. The Kier molecular flexibility index (Phi) is 5.65. The number of alkyl halides is 6. The Labute approximate surface area is 159 Å². The molecule has 0 N–H and O–H groups in total. The van der Waals surface area contributed by atoms with Crippen LogP contribution < -0.4 is 4.31 Å². The summed E-state index contributed by atoms with van der Waals surface area (Å²) in [5, 5.41) is 10.7. The van der Waals surface area contributed by atoms with E-state index < -0.39 is 54.7 Å². The fourth-order valence-corrected chi connectivity index (χ4v) is 3.55. The van der Waals surface area contributed by atoms with E-state index in [-0.39, 0.29) is 22.5 Å². The lowest BCUT2D eigenvalue weighted by molar-refractivity contribution is -0.384. The van der Waals surface area contributed by atoms with Crippen molar-refractivity contribution < 1.29 is 39.7 Å². The molecule has 0 aromatic heterocycles. The molecule has 156 valence electrons. The summed E-state index contributed by atoms with van der Waals surface area (Å²) >= 11 is 0. The highest BCUT2D eigenvalue weighted by Gasteiger charge is 2.38. The van der Waals surface area contributed by atoms with Gasteiger partial charge in [-0.05, 0) is 30.3 Å². The number of nitro groups is 1. The lowest BCUT2D eigenvalue weighted by Crippen LogP contribution is -2.26. The average molecular weight is 440 g/mol. The van der Waals surface area contributed by atoms with Crippen LogP contribution in [0, 0.1) is 10.1 Å². The minimum absolute atomic E-state index is 0.124. The number of halogens is 6. The molecule has 0 saturated carbocycles. The third-order valence-electron chi connectivity index (χ3n) is 3.60. The van der Waals surface area contributed by atoms with Gasteiger partial charge in [-0.25, -0.2) is 12.7 Å². The summed E-state index contributed by atoms with van der Waals surface area (Å²) in [7, 11) is -4.71. The van der Waals surface area contributed by atoms with Gasteiger partial charge in [-0.2, -0.15) is 26.3 Å². The van der Waals surface area contributed by atoms with E-state index in [2.05, 4.69) is 6.58 Å². The summed E-state index contributed by atoms with van der Waals surface area (Å²) in [6, 6.07) is 3.52. The van der Waals surface area contributed by atoms with E-state index in [1.807, 2.05) is 0 Å². The van der Waals surface area contributed by atoms with Crippen molar-refractivity contribution in [1.29, 1.82) is 0 Å². The van der Waals surface area contributed by atoms with Gasteiger partial charge in [-0.1, -0.05) is 6.58 Å². The van der Waals surface area contributed by atoms with E-state index in [4.69, 9.17) is 0 Å². The van der Waals surface area contributed by atoms with E-state index in [1.54, 1.807) is 0 Å². The highest BCUT2D eigenvalue weighted by molar-refractivity contribution is 7.93. The van der Waals surface area contributed by atoms with Crippen molar-refractivity contribution in [2.45, 2.75) is 17.2 Å². The van der Waals surface area contributed by atoms with Gasteiger partial charge in [0.25, 0.3) is 15.7 Å². The molecule has 0 amide bonds. The number of hydrogen-bond donors (Lipinski definition) is 0. The second kappa shape index (κ2) is 7.39. The smallest absolute Gasteiger partial charge is 0.258 e. The lowest BCUT2D eigenvalue weighted by atomic mass is 10.1. The molecule has 13 heteroatoms. The molecule has 2 aromatic carbocycles. The third-order valence-corrected chi connectivity index (χ3v) is 5.34. The lowest BCUT2D eigenvalue weighted by Gasteiger charge is -2.23. The van der Waals surface area contributed by atoms with Gasteiger partial charge >= 0.3 is 12.4 Å². The van der Waals surface area contributed by atoms with Crippen molar-refractivity contribution in [2.24, 2.45) is 0 Å². The van der Waals surface area contributed by atoms with Crippen molar-refractivity contribution in [3.8, 4) is 0 Å². The predicted molar refractivity (Wildman–Crippen MR) is 89.4 cm³/mol. The maximum absolute atomic E-state index is 13.0. The highest BCUT2D eigenvalue weighted by Crippen LogP contribution is 2.39. The van der Waals surface area contributed by atoms with E-state index in [0.29, 0.717) is 6.20 Å². The van der Waals surface area contributed by atoms with Crippen molar-refractivity contribution >= 4 is 21.4 Å². The molecule has 0 spiro atoms. The van der Waals surface area contributed by atoms with Crippen LogP contribution in [0.15, 0.2) is 60.1 Å². The molecule has 0 unspecified atom stereocenters. The normalized spacial score (nSPS) is 12.5. The summed E-state index contributed by atoms with van der Waals surface area (Å²) in [6.07, 6.45) is -9.84. The largest absolute Gasteiger partial charge is 0.416 e. The maximum Gasteiger partial charge on any atom is 0.416 e. The molecule has 0 aliphatic heterocycles. The number of nitro benzene ring substituents is 1. The van der Waals surface area contributed by atoms with Crippen LogP contribution >= 0.6 is 0 Å². The molecular weight excluding hydrogens is 430 g/mol. The molecule has 0 atom stereocenters. The first-order valence-corrected chi connectivity index (χ1v) is 8.83. The quantitative estimate of drug-likeness (QED) is 0.374. The number of hydrogen-bond acceptors (Lipinski definition) is 4. The number of non-ortho nitro benzene ring substituents is 1. The zero-order valence-corrected chi connectivity index (χ0v) is 14.8. The monoisotopic (exact) mass is 440 g/mol. The standard InChI is InChI=1S/C16H10F6N2O4S/c1-2-23(29(27,28)14-5-3-12(4-6-14)24(25)26)13-8-10(15(17,18)19)7-11(9-13)16(20,21)22/h2-9H,1H2. The first-order chi connectivity index (χ1) is 13.2. The molecule has 2 aromatic rings. The Hall–Kier alpha value is -3.09. The topological polar surface area (TPSA) is 80.5 Å². The van der Waals surface area contributed by atoms with Gasteiger partial charge in [0.1, 0.15) is 0 Å². The maximum atomic E-state index is 13.0. The van der Waals surface area contributed by atoms with Crippen molar-refractivity contribution in [3.05, 3.63) is 76.5 Å². The third kappa shape index (κ3) is 4.67. The van der Waals surface area contributed by atoms with Crippen LogP contribution in [-0.2, 0) is 22.4 Å². The van der Waals surface area contributed by atoms with Gasteiger partial charge in [0, 0.05) is 18.3 Å². The van der Waals surface area contributed by atoms with Crippen LogP contribution in [0.3, 0.4) is 0 Å². The number of sulfonamides is 1. The molecule has 0 saturated heterocycles. The second-order valence-electron chi connectivity index (χ2n) is 5.50. The van der Waals surface area contributed by atoms with E-state index in [9.17, 15) is 44.9 Å². The molecule has 0 radical (unpaired) electrons. The van der Waals surface area contributed by atoms with Crippen LogP contribution in [0.2, 0.25) is 0 Å². The van der Waals surface area contributed by atoms with Crippen molar-refractivity contribution in [1.82, 2.24) is 0 Å². The molecule has 6 nitrogen and oxygen atoms in total. The van der Waals surface area contributed by atoms with E-state index >= 15 is 0 Å². The zero-order chi connectivity index (χ0) is 22.2. The molecule has 0 heterocycles. The van der Waals surface area contributed by atoms with Crippen LogP contribution in [0.25, 0.3) is 0 Å². The van der Waals surface area contributed by atoms with Gasteiger partial charge in [0.15, 0.2) is 0 Å². The van der Waals surface area contributed by atoms with E-state index in [0.717, 1.165) is 24.3 Å². The van der Waals surface area contributed by atoms with E-state index in [1.165, 1.54) is 0 Å². The molecule has 0 aliphatic rings. The molecule has 0 fully saturated rings. The minimum atomic E-state index is -5.18. The molecule has 0 aliphatic carbocycles. The Bertz CT molecular complexity index is 1010. The van der Waals surface area contributed by atoms with Crippen LogP contribution in [0.4, 0.5) is 37.7 Å². The molecule has 29 heavy (non-hydrogen) atoms. The first kappa shape index (κ1) is 22.2.